The first kappa shape index (κ1) is 73.8. The average molecular weight is 1640 g/mol. The summed E-state index contributed by atoms with van der Waals surface area (Å²) in [5, 5.41) is 8.54. The van der Waals surface area contributed by atoms with Crippen LogP contribution in [0.4, 0.5) is 108 Å². The molecule has 11 nitrogen and oxygen atoms in total. The number of rotatable bonds is 12. The molecule has 126 heavy (non-hydrogen) atoms. The van der Waals surface area contributed by atoms with E-state index in [1.54, 1.807) is 11.9 Å². The highest BCUT2D eigenvalue weighted by Gasteiger charge is 2.51. The average Bonchev–Trinajstić information content (AvgIpc) is 1.07. The lowest BCUT2D eigenvalue weighted by Crippen LogP contribution is -2.65. The number of nitrogens with one attached hydrogen (secondary N) is 1. The van der Waals surface area contributed by atoms with Crippen LogP contribution in [-0.4, -0.2) is 26.4 Å². The largest absolute Gasteiger partial charge is 0.458 e. The first-order chi connectivity index (χ1) is 61.7. The van der Waals surface area contributed by atoms with Crippen LogP contribution in [0.2, 0.25) is 0 Å². The third-order valence-corrected chi connectivity index (χ3v) is 27.3. The second kappa shape index (κ2) is 28.1. The van der Waals surface area contributed by atoms with Crippen molar-refractivity contribution in [3.63, 3.8) is 0 Å². The van der Waals surface area contributed by atoms with Gasteiger partial charge in [0.25, 0.3) is 20.1 Å². The summed E-state index contributed by atoms with van der Waals surface area (Å²) in [6, 6.07) is 133. The molecule has 2 aromatic heterocycles. The summed E-state index contributed by atoms with van der Waals surface area (Å²) in [7, 11) is 0. The Balaban J connectivity index is 0.768. The Morgan fingerprint density at radius 1 is 0.294 bits per heavy atom. The number of benzene rings is 17. The Hall–Kier alpha value is -14.9. The molecule has 0 saturated carbocycles. The number of ether oxygens (including phenoxy) is 2. The van der Waals surface area contributed by atoms with Crippen molar-refractivity contribution in [1.29, 1.82) is 0 Å². The van der Waals surface area contributed by atoms with E-state index in [1.807, 2.05) is 0 Å². The summed E-state index contributed by atoms with van der Waals surface area (Å²) in [6.07, 6.45) is 2.22. The SMILES string of the molecule is CSN1c2cc3c(cc2B2c4ccc5oc6c(C(C)(C)C)cccc6c5c4N(c4ccccc4)c4cc(N(c5ccccc5)c5ccccc5)cc1c42)B1c2cc4c(cc2Oc2cc(N(c5ccccc5)c5ccccc5)cc(c21)O3)Nc1cc(N(c2ccccc2)c2ccccc2)cc2c1B4c1ccc3oc4c(C(C)(C)C)cccc4c3c1N2c1ccccc1. The van der Waals surface area contributed by atoms with Gasteiger partial charge >= 0.3 is 0 Å². The number of nitrogens with zero attached hydrogens (tertiary/aromatic N) is 6. The van der Waals surface area contributed by atoms with Crippen molar-refractivity contribution in [2.75, 3.05) is 40.4 Å². The fraction of sp³-hybridized carbons (Fsp3) is 0.0811. The topological polar surface area (TPSA) is 76.2 Å². The summed E-state index contributed by atoms with van der Waals surface area (Å²) in [6.45, 7) is 12.6. The molecule has 8 heterocycles. The molecule has 0 amide bonds. The normalized spacial score (nSPS) is 13.5. The van der Waals surface area contributed by atoms with Crippen LogP contribution in [0.15, 0.2) is 373 Å². The number of para-hydroxylation sites is 10. The second-order valence-corrected chi connectivity index (χ2v) is 36.6. The van der Waals surface area contributed by atoms with Crippen LogP contribution in [0.5, 0.6) is 23.0 Å². The van der Waals surface area contributed by atoms with Gasteiger partial charge in [-0.3, -0.25) is 4.31 Å². The maximum absolute atomic E-state index is 7.93. The molecule has 6 aliphatic rings. The molecule has 0 bridgehead atoms. The van der Waals surface area contributed by atoms with Gasteiger partial charge in [-0.1, -0.05) is 248 Å². The molecule has 0 aliphatic carbocycles. The van der Waals surface area contributed by atoms with E-state index < -0.39 is 6.71 Å². The Bertz CT molecular complexity index is 7570. The second-order valence-electron chi connectivity index (χ2n) is 35.9. The van der Waals surface area contributed by atoms with Crippen LogP contribution >= 0.6 is 11.9 Å². The highest BCUT2D eigenvalue weighted by Crippen LogP contribution is 2.55. The van der Waals surface area contributed by atoms with Crippen molar-refractivity contribution in [3.05, 3.63) is 375 Å². The number of hydrogen-bond donors (Lipinski definition) is 1. The molecule has 0 saturated heterocycles. The van der Waals surface area contributed by atoms with E-state index in [2.05, 4.69) is 446 Å². The molecule has 15 heteroatoms. The summed E-state index contributed by atoms with van der Waals surface area (Å²) < 4.78 is 32.9. The monoisotopic (exact) mass is 1640 g/mol. The number of anilines is 19. The van der Waals surface area contributed by atoms with Crippen LogP contribution < -0.4 is 92.8 Å². The van der Waals surface area contributed by atoms with Crippen molar-refractivity contribution in [1.82, 2.24) is 0 Å². The molecule has 0 atom stereocenters. The van der Waals surface area contributed by atoms with Gasteiger partial charge in [0.05, 0.1) is 50.6 Å². The third kappa shape index (κ3) is 11.2. The lowest BCUT2D eigenvalue weighted by Gasteiger charge is -2.45. The highest BCUT2D eigenvalue weighted by atomic mass is 32.2. The Morgan fingerprint density at radius 3 is 1.10 bits per heavy atom. The maximum atomic E-state index is 7.93. The summed E-state index contributed by atoms with van der Waals surface area (Å²) >= 11 is 1.72. The molecule has 0 radical (unpaired) electrons. The summed E-state index contributed by atoms with van der Waals surface area (Å²) in [5.41, 5.74) is 34.8. The van der Waals surface area contributed by atoms with Gasteiger partial charge in [0.1, 0.15) is 45.3 Å². The van der Waals surface area contributed by atoms with Crippen LogP contribution in [0, 0.1) is 0 Å². The quantitative estimate of drug-likeness (QED) is 0.0935. The van der Waals surface area contributed by atoms with Gasteiger partial charge in [-0.15, -0.1) is 0 Å². The van der Waals surface area contributed by atoms with Crippen LogP contribution in [0.1, 0.15) is 52.7 Å². The van der Waals surface area contributed by atoms with Gasteiger partial charge in [-0.2, -0.15) is 0 Å². The Morgan fingerprint density at radius 2 is 0.667 bits per heavy atom. The van der Waals surface area contributed by atoms with Gasteiger partial charge < -0.3 is 48.1 Å². The smallest absolute Gasteiger partial charge is 0.260 e. The van der Waals surface area contributed by atoms with E-state index in [9.17, 15) is 0 Å². The van der Waals surface area contributed by atoms with E-state index in [4.69, 9.17) is 18.3 Å². The molecule has 600 valence electrons. The van der Waals surface area contributed by atoms with Crippen molar-refractivity contribution in [3.8, 4) is 23.0 Å². The van der Waals surface area contributed by atoms with E-state index >= 15 is 0 Å². The standard InChI is InChI=1S/C111H82B3N7O4S/c1-110(2,3)81-52-32-50-79-101-95(124-108(79)81)56-54-83-106(101)119(74-46-28-14-29-47-74)92-59-76(116(68-34-16-8-17-35-68)69-36-18-9-19-37-69)58-90-103(92)112(83)85-64-87-97(66-89(85)115-90)122-99-62-78(118(72-42-24-12-25-43-72)73-44-26-13-27-45-73)63-100-105(99)114(87)88-65-86-91(67-98(88)123-100)121(126-7)94-61-77(117(70-38-20-10-21-39-70)71-40-22-11-23-41-71)60-93-104(94)113(86)84-55-57-96-102(107(84)120(93)75-48-30-15-31-49-75)80-51-33-53-82(109(80)125-96)111(4,5)6/h8-67,115H,1-7H3. The van der Waals surface area contributed by atoms with Gasteiger partial charge in [-0.05, 0) is 200 Å². The Kier molecular flexibility index (Phi) is 16.4. The molecule has 19 aromatic rings. The molecule has 0 unspecified atom stereocenters. The van der Waals surface area contributed by atoms with Crippen LogP contribution in [0.3, 0.4) is 0 Å². The zero-order chi connectivity index (χ0) is 84.1. The van der Waals surface area contributed by atoms with Gasteiger partial charge in [0, 0.05) is 126 Å². The van der Waals surface area contributed by atoms with E-state index in [0.29, 0.717) is 11.5 Å². The minimum atomic E-state index is -0.432. The van der Waals surface area contributed by atoms with E-state index in [1.165, 1.54) is 10.9 Å². The lowest BCUT2D eigenvalue weighted by molar-refractivity contribution is 0.465. The van der Waals surface area contributed by atoms with Gasteiger partial charge in [0.15, 0.2) is 0 Å². The van der Waals surface area contributed by atoms with E-state index in [-0.39, 0.29) is 24.3 Å². The van der Waals surface area contributed by atoms with Crippen molar-refractivity contribution < 1.29 is 18.3 Å². The number of furan rings is 2. The predicted molar refractivity (Wildman–Crippen MR) is 531 cm³/mol. The highest BCUT2D eigenvalue weighted by molar-refractivity contribution is 8.00. The molecule has 6 aliphatic heterocycles. The van der Waals surface area contributed by atoms with E-state index in [0.717, 1.165) is 213 Å². The minimum Gasteiger partial charge on any atom is -0.458 e. The molecule has 0 fully saturated rings. The molecule has 25 rings (SSSR count). The van der Waals surface area contributed by atoms with Crippen molar-refractivity contribution in [2.24, 2.45) is 0 Å². The first-order valence-electron chi connectivity index (χ1n) is 43.5. The first-order valence-corrected chi connectivity index (χ1v) is 44.7. The predicted octanol–water partition coefficient (Wildman–Crippen LogP) is 24.6. The minimum absolute atomic E-state index is 0.217. The van der Waals surface area contributed by atoms with Crippen molar-refractivity contribution in [2.45, 2.75) is 52.4 Å². The zero-order valence-corrected chi connectivity index (χ0v) is 71.4. The number of hydrogen-bond acceptors (Lipinski definition) is 12. The van der Waals surface area contributed by atoms with Crippen LogP contribution in [0.25, 0.3) is 43.9 Å². The van der Waals surface area contributed by atoms with Crippen LogP contribution in [-0.2, 0) is 10.8 Å². The summed E-state index contributed by atoms with van der Waals surface area (Å²) in [4.78, 5) is 12.2. The third-order valence-electron chi connectivity index (χ3n) is 26.5. The van der Waals surface area contributed by atoms with Gasteiger partial charge in [0.2, 0.25) is 0 Å². The molecule has 0 spiro atoms. The molecule has 17 aromatic carbocycles. The molecular formula is C111H82B3N7O4S. The van der Waals surface area contributed by atoms with Gasteiger partial charge in [-0.25, -0.2) is 0 Å². The molecule has 1 N–H and O–H groups in total. The fourth-order valence-corrected chi connectivity index (χ4v) is 22.0. The number of fused-ring (bicyclic) bond motifs is 20. The Labute approximate surface area is 737 Å². The summed E-state index contributed by atoms with van der Waals surface area (Å²) in [5.74, 6) is 2.94. The van der Waals surface area contributed by atoms with Crippen molar-refractivity contribution >= 4 is 233 Å². The maximum Gasteiger partial charge on any atom is 0.260 e. The lowest BCUT2D eigenvalue weighted by atomic mass is 9.29. The molecular weight excluding hydrogens is 1560 g/mol. The fourth-order valence-electron chi connectivity index (χ4n) is 21.3. The zero-order valence-electron chi connectivity index (χ0n) is 70.6.